The fourth-order valence-electron chi connectivity index (χ4n) is 4.01. The van der Waals surface area contributed by atoms with E-state index in [4.69, 9.17) is 4.74 Å². The van der Waals surface area contributed by atoms with Gasteiger partial charge in [0.2, 0.25) is 0 Å². The fraction of sp³-hybridized carbons (Fsp3) is 0.154. The van der Waals surface area contributed by atoms with Crippen molar-refractivity contribution in [2.24, 2.45) is 0 Å². The number of nitro benzene ring substituents is 1. The second kappa shape index (κ2) is 9.87. The Hall–Kier alpha value is -4.73. The molecular formula is C26H21FN2O7. The van der Waals surface area contributed by atoms with E-state index in [2.05, 4.69) is 0 Å². The van der Waals surface area contributed by atoms with E-state index in [1.54, 1.807) is 12.1 Å². The van der Waals surface area contributed by atoms with Crippen LogP contribution in [0.4, 0.5) is 15.8 Å². The molecule has 3 aromatic rings. The number of rotatable bonds is 7. The molecule has 1 atom stereocenters. The number of ketones is 1. The van der Waals surface area contributed by atoms with Crippen molar-refractivity contribution in [1.82, 2.24) is 0 Å². The highest BCUT2D eigenvalue weighted by Crippen LogP contribution is 2.44. The molecule has 1 fully saturated rings. The second-order valence-corrected chi connectivity index (χ2v) is 8.03. The zero-order valence-corrected chi connectivity index (χ0v) is 19.1. The van der Waals surface area contributed by atoms with Crippen molar-refractivity contribution >= 4 is 28.8 Å². The molecule has 3 aromatic carbocycles. The van der Waals surface area contributed by atoms with E-state index in [0.717, 1.165) is 35.6 Å². The summed E-state index contributed by atoms with van der Waals surface area (Å²) in [5, 5.41) is 32.6. The summed E-state index contributed by atoms with van der Waals surface area (Å²) in [6, 6.07) is 13.2. The van der Waals surface area contributed by atoms with Crippen molar-refractivity contribution < 1.29 is 33.9 Å². The SMILES string of the molecule is CCCOc1cccc(/C(O)=C2/C(=O)C(=O)N(c3cccc(F)c3)C2c2ccc(O)c([N+](=O)[O-])c2)c1. The first-order valence-corrected chi connectivity index (χ1v) is 11.0. The number of aromatic hydroxyl groups is 1. The molecule has 10 heteroatoms. The van der Waals surface area contributed by atoms with Gasteiger partial charge in [-0.3, -0.25) is 24.6 Å². The second-order valence-electron chi connectivity index (χ2n) is 8.03. The molecule has 184 valence electrons. The minimum atomic E-state index is -1.34. The van der Waals surface area contributed by atoms with Gasteiger partial charge in [-0.15, -0.1) is 0 Å². The number of anilines is 1. The number of aliphatic hydroxyl groups excluding tert-OH is 1. The number of hydrogen-bond donors (Lipinski definition) is 2. The first kappa shape index (κ1) is 24.4. The lowest BCUT2D eigenvalue weighted by molar-refractivity contribution is -0.385. The number of carbonyl (C=O) groups excluding carboxylic acids is 2. The van der Waals surface area contributed by atoms with E-state index in [1.165, 1.54) is 30.3 Å². The molecule has 1 amide bonds. The van der Waals surface area contributed by atoms with Crippen molar-refractivity contribution in [3.63, 3.8) is 0 Å². The number of aliphatic hydroxyl groups is 1. The minimum Gasteiger partial charge on any atom is -0.507 e. The van der Waals surface area contributed by atoms with Crippen LogP contribution in [0.15, 0.2) is 72.3 Å². The number of Topliss-reactive ketones (excluding diaryl/α,β-unsaturated/α-hetero) is 1. The van der Waals surface area contributed by atoms with Gasteiger partial charge in [-0.25, -0.2) is 4.39 Å². The number of carbonyl (C=O) groups is 2. The molecule has 0 spiro atoms. The van der Waals surface area contributed by atoms with Crippen molar-refractivity contribution in [2.45, 2.75) is 19.4 Å². The molecule has 4 rings (SSSR count). The van der Waals surface area contributed by atoms with E-state index >= 15 is 0 Å². The number of phenols is 1. The number of hydrogen-bond acceptors (Lipinski definition) is 7. The third-order valence-corrected chi connectivity index (χ3v) is 5.62. The highest BCUT2D eigenvalue weighted by atomic mass is 19.1. The van der Waals surface area contributed by atoms with E-state index in [9.17, 15) is 34.3 Å². The fourth-order valence-corrected chi connectivity index (χ4v) is 4.01. The zero-order valence-electron chi connectivity index (χ0n) is 19.1. The number of nitrogens with zero attached hydrogens (tertiary/aromatic N) is 2. The van der Waals surface area contributed by atoms with Crippen LogP contribution < -0.4 is 9.64 Å². The molecule has 1 saturated heterocycles. The molecule has 1 unspecified atom stereocenters. The maximum Gasteiger partial charge on any atom is 0.311 e. The Morgan fingerprint density at radius 1 is 1.11 bits per heavy atom. The standard InChI is InChI=1S/C26H21FN2O7/c1-2-11-36-19-8-3-5-16(12-19)24(31)22-23(15-9-10-21(30)20(13-15)29(34)35)28(26(33)25(22)32)18-7-4-6-17(27)14-18/h3-10,12-14,23,30-31H,2,11H2,1H3/b24-22-. The van der Waals surface area contributed by atoms with Crippen LogP contribution in [0.3, 0.4) is 0 Å². The first-order chi connectivity index (χ1) is 17.2. The predicted molar refractivity (Wildman–Crippen MR) is 128 cm³/mol. The third-order valence-electron chi connectivity index (χ3n) is 5.62. The summed E-state index contributed by atoms with van der Waals surface area (Å²) in [6.07, 6.45) is 0.745. The van der Waals surface area contributed by atoms with Gasteiger partial charge in [0.05, 0.1) is 23.1 Å². The highest BCUT2D eigenvalue weighted by Gasteiger charge is 2.47. The Kier molecular flexibility index (Phi) is 6.69. The van der Waals surface area contributed by atoms with Gasteiger partial charge in [-0.05, 0) is 48.4 Å². The van der Waals surface area contributed by atoms with Crippen molar-refractivity contribution in [3.8, 4) is 11.5 Å². The number of benzene rings is 3. The molecule has 0 saturated carbocycles. The maximum absolute atomic E-state index is 14.0. The molecule has 1 aliphatic rings. The topological polar surface area (TPSA) is 130 Å². The molecule has 1 aliphatic heterocycles. The number of halogens is 1. The smallest absolute Gasteiger partial charge is 0.311 e. The molecule has 36 heavy (non-hydrogen) atoms. The molecule has 0 aliphatic carbocycles. The van der Waals surface area contributed by atoms with Gasteiger partial charge in [-0.1, -0.05) is 31.2 Å². The molecule has 1 heterocycles. The maximum atomic E-state index is 14.0. The molecule has 0 radical (unpaired) electrons. The van der Waals surface area contributed by atoms with Gasteiger partial charge >= 0.3 is 5.69 Å². The van der Waals surface area contributed by atoms with Gasteiger partial charge in [0.1, 0.15) is 17.3 Å². The van der Waals surface area contributed by atoms with Crippen LogP contribution in [0.5, 0.6) is 11.5 Å². The summed E-state index contributed by atoms with van der Waals surface area (Å²) in [5.41, 5.74) is -0.761. The minimum absolute atomic E-state index is 0.0110. The largest absolute Gasteiger partial charge is 0.507 e. The number of phenolic OH excluding ortho intramolecular Hbond substituents is 1. The summed E-state index contributed by atoms with van der Waals surface area (Å²) in [5.74, 6) is -3.51. The van der Waals surface area contributed by atoms with Crippen molar-refractivity contribution in [3.05, 3.63) is 99.4 Å². The average molecular weight is 492 g/mol. The molecule has 0 aromatic heterocycles. The summed E-state index contributed by atoms with van der Waals surface area (Å²) < 4.78 is 19.6. The van der Waals surface area contributed by atoms with Crippen LogP contribution >= 0.6 is 0 Å². The Bertz CT molecular complexity index is 1400. The van der Waals surface area contributed by atoms with Crippen LogP contribution in [0.25, 0.3) is 5.76 Å². The number of nitro groups is 1. The average Bonchev–Trinajstić information content (AvgIpc) is 3.13. The lowest BCUT2D eigenvalue weighted by Gasteiger charge is -2.25. The normalized spacial score (nSPS) is 16.8. The molecule has 9 nitrogen and oxygen atoms in total. The summed E-state index contributed by atoms with van der Waals surface area (Å²) in [7, 11) is 0. The quantitative estimate of drug-likeness (QED) is 0.158. The lowest BCUT2D eigenvalue weighted by Crippen LogP contribution is -2.29. The van der Waals surface area contributed by atoms with Crippen LogP contribution in [-0.2, 0) is 9.59 Å². The Morgan fingerprint density at radius 2 is 1.86 bits per heavy atom. The molecule has 0 bridgehead atoms. The Balaban J connectivity index is 1.94. The number of amides is 1. The van der Waals surface area contributed by atoms with Gasteiger partial charge in [0.15, 0.2) is 5.75 Å². The van der Waals surface area contributed by atoms with E-state index in [0.29, 0.717) is 12.4 Å². The van der Waals surface area contributed by atoms with Crippen LogP contribution in [0, 0.1) is 15.9 Å². The zero-order chi connectivity index (χ0) is 26.0. The van der Waals surface area contributed by atoms with Crippen LogP contribution in [-0.4, -0.2) is 33.4 Å². The highest BCUT2D eigenvalue weighted by molar-refractivity contribution is 6.51. The van der Waals surface area contributed by atoms with Crippen molar-refractivity contribution in [1.29, 1.82) is 0 Å². The lowest BCUT2D eigenvalue weighted by atomic mass is 9.94. The number of ether oxygens (including phenoxy) is 1. The summed E-state index contributed by atoms with van der Waals surface area (Å²) >= 11 is 0. The van der Waals surface area contributed by atoms with Crippen LogP contribution in [0.2, 0.25) is 0 Å². The van der Waals surface area contributed by atoms with Gasteiger partial charge < -0.3 is 14.9 Å². The predicted octanol–water partition coefficient (Wildman–Crippen LogP) is 4.85. The molecular weight excluding hydrogens is 471 g/mol. The van der Waals surface area contributed by atoms with Crippen LogP contribution in [0.1, 0.15) is 30.5 Å². The van der Waals surface area contributed by atoms with E-state index in [-0.39, 0.29) is 22.4 Å². The van der Waals surface area contributed by atoms with Gasteiger partial charge in [0, 0.05) is 17.3 Å². The van der Waals surface area contributed by atoms with Gasteiger partial charge in [0.25, 0.3) is 11.7 Å². The molecule has 2 N–H and O–H groups in total. The summed E-state index contributed by atoms with van der Waals surface area (Å²) in [4.78, 5) is 37.9. The first-order valence-electron chi connectivity index (χ1n) is 11.0. The summed E-state index contributed by atoms with van der Waals surface area (Å²) in [6.45, 7) is 2.35. The van der Waals surface area contributed by atoms with E-state index < -0.39 is 45.7 Å². The Morgan fingerprint density at radius 3 is 2.56 bits per heavy atom. The Labute approximate surface area is 204 Å². The van der Waals surface area contributed by atoms with E-state index in [1.807, 2.05) is 6.92 Å². The third kappa shape index (κ3) is 4.48. The van der Waals surface area contributed by atoms with Gasteiger partial charge in [-0.2, -0.15) is 0 Å². The van der Waals surface area contributed by atoms with Crippen molar-refractivity contribution in [2.75, 3.05) is 11.5 Å². The monoisotopic (exact) mass is 492 g/mol.